The smallest absolute Gasteiger partial charge is 0.303 e. The zero-order chi connectivity index (χ0) is 24.4. The average molecular weight is 487 g/mol. The third-order valence-electron chi connectivity index (χ3n) is 7.15. The Hall–Kier alpha value is -2.34. The molecule has 2 N–H and O–H groups in total. The molecule has 2 saturated carbocycles. The number of carboxylic acids is 1. The van der Waals surface area contributed by atoms with Crippen LogP contribution in [0.4, 0.5) is 0 Å². The molecular weight excluding hydrogens is 452 g/mol. The summed E-state index contributed by atoms with van der Waals surface area (Å²) in [6.45, 7) is 6.74. The van der Waals surface area contributed by atoms with Gasteiger partial charge in [0.05, 0.1) is 16.3 Å². The number of hydrogen-bond acceptors (Lipinski definition) is 4. The van der Waals surface area contributed by atoms with Crippen LogP contribution >= 0.6 is 11.6 Å². The number of amides is 1. The number of benzene rings is 1. The van der Waals surface area contributed by atoms with Gasteiger partial charge in [0.2, 0.25) is 0 Å². The van der Waals surface area contributed by atoms with Gasteiger partial charge in [-0.2, -0.15) is 0 Å². The maximum Gasteiger partial charge on any atom is 0.303 e. The van der Waals surface area contributed by atoms with Crippen LogP contribution in [0.3, 0.4) is 0 Å². The molecule has 2 aliphatic carbocycles. The first-order valence-corrected chi connectivity index (χ1v) is 12.9. The highest BCUT2D eigenvalue weighted by molar-refractivity contribution is 6.33. The summed E-state index contributed by atoms with van der Waals surface area (Å²) in [6.07, 6.45) is 6.14. The molecule has 1 heterocycles. The fourth-order valence-electron chi connectivity index (χ4n) is 5.25. The predicted octanol–water partition coefficient (Wildman–Crippen LogP) is 6.43. The van der Waals surface area contributed by atoms with Crippen LogP contribution in [0.5, 0.6) is 0 Å². The zero-order valence-corrected chi connectivity index (χ0v) is 21.0. The second kappa shape index (κ2) is 10.5. The molecule has 1 unspecified atom stereocenters. The molecule has 1 amide bonds. The summed E-state index contributed by atoms with van der Waals surface area (Å²) >= 11 is 6.27. The number of aliphatic carboxylic acids is 1. The minimum atomic E-state index is -0.856. The highest BCUT2D eigenvalue weighted by Gasteiger charge is 2.41. The quantitative estimate of drug-likeness (QED) is 0.381. The molecule has 0 radical (unpaired) electrons. The van der Waals surface area contributed by atoms with Crippen LogP contribution in [-0.2, 0) is 4.79 Å². The highest BCUT2D eigenvalue weighted by atomic mass is 35.5. The molecule has 0 bridgehead atoms. The number of nitrogens with zero attached hydrogens (tertiary/aromatic N) is 1. The monoisotopic (exact) mass is 486 g/mol. The molecule has 2 aliphatic rings. The van der Waals surface area contributed by atoms with Crippen LogP contribution in [0.25, 0.3) is 0 Å². The van der Waals surface area contributed by atoms with Crippen molar-refractivity contribution < 1.29 is 19.2 Å². The first kappa shape index (κ1) is 24.8. The van der Waals surface area contributed by atoms with Crippen molar-refractivity contribution in [3.05, 3.63) is 51.4 Å². The lowest BCUT2D eigenvalue weighted by Gasteiger charge is -2.35. The minimum Gasteiger partial charge on any atom is -0.481 e. The number of rotatable bonds is 11. The van der Waals surface area contributed by atoms with Gasteiger partial charge in [-0.1, -0.05) is 36.7 Å². The molecule has 1 aromatic carbocycles. The van der Waals surface area contributed by atoms with Gasteiger partial charge in [-0.25, -0.2) is 0 Å². The number of carbonyl (C=O) groups excluding carboxylic acids is 1. The van der Waals surface area contributed by atoms with Crippen LogP contribution in [0.1, 0.15) is 109 Å². The van der Waals surface area contributed by atoms with Crippen LogP contribution in [0, 0.1) is 18.8 Å². The van der Waals surface area contributed by atoms with E-state index in [1.54, 1.807) is 12.1 Å². The fraction of sp³-hybridized carbons (Fsp3) is 0.593. The zero-order valence-electron chi connectivity index (χ0n) is 20.3. The summed E-state index contributed by atoms with van der Waals surface area (Å²) in [5.41, 5.74) is 3.42. The number of halogens is 1. The van der Waals surface area contributed by atoms with E-state index in [2.05, 4.69) is 24.3 Å². The molecule has 0 aliphatic heterocycles. The molecule has 34 heavy (non-hydrogen) atoms. The molecule has 4 rings (SSSR count). The topological polar surface area (TPSA) is 92.4 Å². The Labute approximate surface area is 206 Å². The Morgan fingerprint density at radius 2 is 1.97 bits per heavy atom. The minimum absolute atomic E-state index is 0.0119. The predicted molar refractivity (Wildman–Crippen MR) is 132 cm³/mol. The van der Waals surface area contributed by atoms with Gasteiger partial charge in [-0.15, -0.1) is 0 Å². The van der Waals surface area contributed by atoms with Gasteiger partial charge < -0.3 is 14.9 Å². The first-order valence-electron chi connectivity index (χ1n) is 12.5. The van der Waals surface area contributed by atoms with E-state index in [1.165, 1.54) is 12.0 Å². The van der Waals surface area contributed by atoms with Crippen LogP contribution in [-0.4, -0.2) is 28.7 Å². The number of aryl methyl sites for hydroxylation is 1. The first-order chi connectivity index (χ1) is 16.2. The standard InChI is InChI=1S/C27H35ClN2O4/c1-15(2)10-17-12-20(13-17)26-24(18-5-6-18)25(30-34-26)19(7-9-23(31)32)14-29-27(33)21-8-4-16(3)11-22(21)28/h4,8,11,15,17-20H,5-7,9-10,12-14H2,1-3H3,(H,29,33)(H,31,32). The van der Waals surface area contributed by atoms with Crippen molar-refractivity contribution >= 4 is 23.5 Å². The summed E-state index contributed by atoms with van der Waals surface area (Å²) in [5, 5.41) is 17.2. The lowest BCUT2D eigenvalue weighted by Crippen LogP contribution is -2.29. The second-order valence-corrected chi connectivity index (χ2v) is 11.0. The van der Waals surface area contributed by atoms with Gasteiger partial charge >= 0.3 is 5.97 Å². The second-order valence-electron chi connectivity index (χ2n) is 10.6. The van der Waals surface area contributed by atoms with Gasteiger partial charge in [0, 0.05) is 30.4 Å². The van der Waals surface area contributed by atoms with E-state index in [9.17, 15) is 14.7 Å². The maximum absolute atomic E-state index is 12.8. The van der Waals surface area contributed by atoms with Crippen LogP contribution < -0.4 is 5.32 Å². The number of carboxylic acid groups (broad SMARTS) is 1. The summed E-state index contributed by atoms with van der Waals surface area (Å²) in [5.74, 6) is 1.95. The maximum atomic E-state index is 12.8. The van der Waals surface area contributed by atoms with E-state index in [0.717, 1.165) is 48.6 Å². The van der Waals surface area contributed by atoms with Crippen molar-refractivity contribution in [2.75, 3.05) is 6.54 Å². The Morgan fingerprint density at radius 3 is 2.59 bits per heavy atom. The van der Waals surface area contributed by atoms with E-state index in [0.29, 0.717) is 41.3 Å². The molecular formula is C27H35ClN2O4. The van der Waals surface area contributed by atoms with Crippen LogP contribution in [0.2, 0.25) is 5.02 Å². The van der Waals surface area contributed by atoms with Gasteiger partial charge in [-0.3, -0.25) is 9.59 Å². The van der Waals surface area contributed by atoms with E-state index in [4.69, 9.17) is 16.1 Å². The van der Waals surface area contributed by atoms with E-state index < -0.39 is 5.97 Å². The third-order valence-corrected chi connectivity index (χ3v) is 7.46. The van der Waals surface area contributed by atoms with Gasteiger partial charge in [0.25, 0.3) is 5.91 Å². The van der Waals surface area contributed by atoms with Crippen molar-refractivity contribution in [2.24, 2.45) is 11.8 Å². The lowest BCUT2D eigenvalue weighted by atomic mass is 9.69. The van der Waals surface area contributed by atoms with Crippen molar-refractivity contribution in [2.45, 2.75) is 83.5 Å². The number of hydrogen-bond donors (Lipinski definition) is 2. The number of carbonyl (C=O) groups is 2. The number of aromatic nitrogens is 1. The van der Waals surface area contributed by atoms with E-state index in [-0.39, 0.29) is 18.2 Å². The third kappa shape index (κ3) is 5.83. The van der Waals surface area contributed by atoms with Gasteiger partial charge in [0.1, 0.15) is 5.76 Å². The molecule has 1 aromatic heterocycles. The molecule has 2 fully saturated rings. The number of nitrogens with one attached hydrogen (secondary N) is 1. The average Bonchev–Trinajstić information content (AvgIpc) is 3.49. The van der Waals surface area contributed by atoms with Crippen molar-refractivity contribution in [1.29, 1.82) is 0 Å². The van der Waals surface area contributed by atoms with Crippen molar-refractivity contribution in [3.63, 3.8) is 0 Å². The fourth-order valence-corrected chi connectivity index (χ4v) is 5.57. The normalized spacial score (nSPS) is 20.7. The Kier molecular flexibility index (Phi) is 7.66. The molecule has 0 spiro atoms. The molecule has 184 valence electrons. The molecule has 1 atom stereocenters. The highest BCUT2D eigenvalue weighted by Crippen LogP contribution is 2.52. The lowest BCUT2D eigenvalue weighted by molar-refractivity contribution is -0.137. The van der Waals surface area contributed by atoms with Crippen molar-refractivity contribution in [3.8, 4) is 0 Å². The summed E-state index contributed by atoms with van der Waals surface area (Å²) in [4.78, 5) is 24.2. The van der Waals surface area contributed by atoms with Crippen molar-refractivity contribution in [1.82, 2.24) is 10.5 Å². The molecule has 0 saturated heterocycles. The largest absolute Gasteiger partial charge is 0.481 e. The van der Waals surface area contributed by atoms with E-state index in [1.807, 2.05) is 13.0 Å². The van der Waals surface area contributed by atoms with Gasteiger partial charge in [-0.05, 0) is 80.9 Å². The summed E-state index contributed by atoms with van der Waals surface area (Å²) in [6, 6.07) is 5.33. The molecule has 7 heteroatoms. The molecule has 6 nitrogen and oxygen atoms in total. The van der Waals surface area contributed by atoms with Gasteiger partial charge in [0.15, 0.2) is 0 Å². The van der Waals surface area contributed by atoms with Crippen LogP contribution in [0.15, 0.2) is 22.7 Å². The Bertz CT molecular complexity index is 1040. The Morgan fingerprint density at radius 1 is 1.24 bits per heavy atom. The Balaban J connectivity index is 1.51. The SMILES string of the molecule is Cc1ccc(C(=O)NCC(CCC(=O)O)c2noc(C3CC(CC(C)C)C3)c2C2CC2)c(Cl)c1. The summed E-state index contributed by atoms with van der Waals surface area (Å²) < 4.78 is 5.93. The molecule has 2 aromatic rings. The van der Waals surface area contributed by atoms with E-state index >= 15 is 0 Å². The summed E-state index contributed by atoms with van der Waals surface area (Å²) in [7, 11) is 0.